The molecule has 2 amide bonds. The Labute approximate surface area is 202 Å². The Hall–Kier alpha value is -4.52. The first-order chi connectivity index (χ1) is 17.1. The zero-order valence-corrected chi connectivity index (χ0v) is 19.2. The average molecular weight is 469 g/mol. The second-order valence-corrected chi connectivity index (χ2v) is 8.16. The van der Waals surface area contributed by atoms with Crippen LogP contribution in [0.3, 0.4) is 0 Å². The standard InChI is InChI=1S/C28H24N2O5/c1-18-6-2-5-9-23(18)30-28(32)22-14-19-7-3-4-8-20(19)15-25(22)35-17-27(31)29-21-10-11-24-26(16-21)34-13-12-33-24/h2-11,14-16H,12-13,17H2,1H3,(H,29,31)(H,30,32). The summed E-state index contributed by atoms with van der Waals surface area (Å²) in [6, 6.07) is 24.0. The topological polar surface area (TPSA) is 85.9 Å². The summed E-state index contributed by atoms with van der Waals surface area (Å²) in [5.41, 5.74) is 2.58. The zero-order valence-electron chi connectivity index (χ0n) is 19.2. The maximum Gasteiger partial charge on any atom is 0.262 e. The predicted molar refractivity (Wildman–Crippen MR) is 135 cm³/mol. The first-order valence-corrected chi connectivity index (χ1v) is 11.3. The SMILES string of the molecule is Cc1ccccc1NC(=O)c1cc2ccccc2cc1OCC(=O)Nc1ccc2c(c1)OCCO2. The van der Waals surface area contributed by atoms with Gasteiger partial charge >= 0.3 is 0 Å². The van der Waals surface area contributed by atoms with Crippen LogP contribution < -0.4 is 24.8 Å². The lowest BCUT2D eigenvalue weighted by atomic mass is 10.0. The normalized spacial score (nSPS) is 12.1. The minimum Gasteiger partial charge on any atom is -0.486 e. The quantitative estimate of drug-likeness (QED) is 0.407. The number of hydrogen-bond acceptors (Lipinski definition) is 5. The van der Waals surface area contributed by atoms with E-state index in [1.54, 1.807) is 30.3 Å². The van der Waals surface area contributed by atoms with Gasteiger partial charge in [0.25, 0.3) is 11.8 Å². The van der Waals surface area contributed by atoms with Crippen LogP contribution in [0.4, 0.5) is 11.4 Å². The molecule has 1 aliphatic rings. The molecule has 7 heteroatoms. The van der Waals surface area contributed by atoms with Gasteiger partial charge in [0.05, 0.1) is 5.56 Å². The van der Waals surface area contributed by atoms with Crippen LogP contribution in [0, 0.1) is 6.92 Å². The summed E-state index contributed by atoms with van der Waals surface area (Å²) >= 11 is 0. The molecule has 0 spiro atoms. The highest BCUT2D eigenvalue weighted by Gasteiger charge is 2.17. The van der Waals surface area contributed by atoms with Crippen LogP contribution in [0.2, 0.25) is 0 Å². The van der Waals surface area contributed by atoms with Crippen LogP contribution >= 0.6 is 0 Å². The fourth-order valence-corrected chi connectivity index (χ4v) is 3.88. The van der Waals surface area contributed by atoms with Crippen molar-refractivity contribution < 1.29 is 23.8 Å². The van der Waals surface area contributed by atoms with E-state index in [1.807, 2.05) is 55.5 Å². The number of amides is 2. The lowest BCUT2D eigenvalue weighted by Gasteiger charge is -2.19. The molecule has 0 radical (unpaired) electrons. The number of hydrogen-bond donors (Lipinski definition) is 2. The van der Waals surface area contributed by atoms with Gasteiger partial charge < -0.3 is 24.8 Å². The smallest absolute Gasteiger partial charge is 0.262 e. The maximum atomic E-state index is 13.2. The van der Waals surface area contributed by atoms with Crippen LogP contribution in [0.1, 0.15) is 15.9 Å². The lowest BCUT2D eigenvalue weighted by molar-refractivity contribution is -0.118. The molecule has 2 N–H and O–H groups in total. The summed E-state index contributed by atoms with van der Waals surface area (Å²) < 4.78 is 16.9. The van der Waals surface area contributed by atoms with Crippen molar-refractivity contribution in [2.75, 3.05) is 30.5 Å². The minimum absolute atomic E-state index is 0.266. The first kappa shape index (κ1) is 22.3. The third kappa shape index (κ3) is 5.04. The van der Waals surface area contributed by atoms with E-state index >= 15 is 0 Å². The Morgan fingerprint density at radius 3 is 2.34 bits per heavy atom. The fourth-order valence-electron chi connectivity index (χ4n) is 3.88. The van der Waals surface area contributed by atoms with E-state index in [0.29, 0.717) is 47.4 Å². The van der Waals surface area contributed by atoms with Gasteiger partial charge in [-0.2, -0.15) is 0 Å². The number of carbonyl (C=O) groups is 2. The summed E-state index contributed by atoms with van der Waals surface area (Å²) in [6.07, 6.45) is 0. The molecule has 4 aromatic carbocycles. The highest BCUT2D eigenvalue weighted by Crippen LogP contribution is 2.33. The van der Waals surface area contributed by atoms with E-state index in [9.17, 15) is 9.59 Å². The van der Waals surface area contributed by atoms with E-state index in [1.165, 1.54) is 0 Å². The Morgan fingerprint density at radius 2 is 1.54 bits per heavy atom. The summed E-state index contributed by atoms with van der Waals surface area (Å²) in [4.78, 5) is 25.8. The van der Waals surface area contributed by atoms with Crippen molar-refractivity contribution in [3.63, 3.8) is 0 Å². The molecule has 0 aromatic heterocycles. The second-order valence-electron chi connectivity index (χ2n) is 8.16. The van der Waals surface area contributed by atoms with Crippen LogP contribution in [-0.2, 0) is 4.79 Å². The number of ether oxygens (including phenoxy) is 3. The fraction of sp³-hybridized carbons (Fsp3) is 0.143. The van der Waals surface area contributed by atoms with E-state index in [4.69, 9.17) is 14.2 Å². The van der Waals surface area contributed by atoms with E-state index in [0.717, 1.165) is 16.3 Å². The largest absolute Gasteiger partial charge is 0.486 e. The third-order valence-electron chi connectivity index (χ3n) is 5.67. The number of fused-ring (bicyclic) bond motifs is 2. The van der Waals surface area contributed by atoms with Gasteiger partial charge in [-0.1, -0.05) is 42.5 Å². The Bertz CT molecular complexity index is 1420. The minimum atomic E-state index is -0.361. The molecule has 7 nitrogen and oxygen atoms in total. The number of para-hydroxylation sites is 1. The van der Waals surface area contributed by atoms with Crippen LogP contribution in [-0.4, -0.2) is 31.6 Å². The van der Waals surface area contributed by atoms with Crippen LogP contribution in [0.25, 0.3) is 10.8 Å². The Morgan fingerprint density at radius 1 is 0.829 bits per heavy atom. The van der Waals surface area contributed by atoms with Gasteiger partial charge in [0.1, 0.15) is 19.0 Å². The highest BCUT2D eigenvalue weighted by molar-refractivity contribution is 6.09. The number of anilines is 2. The molecular weight excluding hydrogens is 444 g/mol. The van der Waals surface area contributed by atoms with Gasteiger partial charge in [-0.15, -0.1) is 0 Å². The van der Waals surface area contributed by atoms with Crippen molar-refractivity contribution in [1.82, 2.24) is 0 Å². The molecule has 0 saturated carbocycles. The average Bonchev–Trinajstić information content (AvgIpc) is 2.88. The van der Waals surface area contributed by atoms with Crippen LogP contribution in [0.15, 0.2) is 78.9 Å². The van der Waals surface area contributed by atoms with Crippen molar-refractivity contribution in [2.45, 2.75) is 6.92 Å². The number of benzene rings is 4. The van der Waals surface area contributed by atoms with Gasteiger partial charge in [-0.25, -0.2) is 0 Å². The first-order valence-electron chi connectivity index (χ1n) is 11.3. The summed E-state index contributed by atoms with van der Waals surface area (Å²) in [7, 11) is 0. The molecule has 1 heterocycles. The lowest BCUT2D eigenvalue weighted by Crippen LogP contribution is -2.22. The molecular formula is C28H24N2O5. The van der Waals surface area contributed by atoms with Crippen molar-refractivity contribution >= 4 is 34.0 Å². The maximum absolute atomic E-state index is 13.2. The summed E-state index contributed by atoms with van der Waals surface area (Å²) in [5.74, 6) is 0.880. The zero-order chi connectivity index (χ0) is 24.2. The van der Waals surface area contributed by atoms with Crippen molar-refractivity contribution in [3.05, 3.63) is 90.0 Å². The Balaban J connectivity index is 1.34. The van der Waals surface area contributed by atoms with Crippen molar-refractivity contribution in [1.29, 1.82) is 0 Å². The number of nitrogens with one attached hydrogen (secondary N) is 2. The molecule has 5 rings (SSSR count). The monoisotopic (exact) mass is 468 g/mol. The highest BCUT2D eigenvalue weighted by atomic mass is 16.6. The predicted octanol–water partition coefficient (Wildman–Crippen LogP) is 5.19. The van der Waals surface area contributed by atoms with Crippen molar-refractivity contribution in [3.8, 4) is 17.2 Å². The second kappa shape index (κ2) is 9.77. The van der Waals surface area contributed by atoms with Gasteiger partial charge in [0, 0.05) is 17.4 Å². The van der Waals surface area contributed by atoms with E-state index in [2.05, 4.69) is 10.6 Å². The van der Waals surface area contributed by atoms with Crippen molar-refractivity contribution in [2.24, 2.45) is 0 Å². The number of carbonyl (C=O) groups excluding carboxylic acids is 2. The molecule has 0 saturated heterocycles. The Kier molecular flexibility index (Phi) is 6.22. The molecule has 176 valence electrons. The molecule has 0 aliphatic carbocycles. The van der Waals surface area contributed by atoms with Gasteiger partial charge in [-0.3, -0.25) is 9.59 Å². The molecule has 0 unspecified atom stereocenters. The van der Waals surface area contributed by atoms with Crippen LogP contribution in [0.5, 0.6) is 17.2 Å². The molecule has 0 bridgehead atoms. The van der Waals surface area contributed by atoms with E-state index in [-0.39, 0.29) is 18.4 Å². The van der Waals surface area contributed by atoms with Gasteiger partial charge in [0.2, 0.25) is 0 Å². The molecule has 4 aromatic rings. The molecule has 1 aliphatic heterocycles. The molecule has 0 fully saturated rings. The van der Waals surface area contributed by atoms with E-state index < -0.39 is 0 Å². The molecule has 35 heavy (non-hydrogen) atoms. The molecule has 0 atom stereocenters. The summed E-state index contributed by atoms with van der Waals surface area (Å²) in [6.45, 7) is 2.62. The number of rotatable bonds is 6. The third-order valence-corrected chi connectivity index (χ3v) is 5.67. The van der Waals surface area contributed by atoms with Gasteiger partial charge in [0.15, 0.2) is 18.1 Å². The van der Waals surface area contributed by atoms with Gasteiger partial charge in [-0.05, 0) is 53.6 Å². The summed E-state index contributed by atoms with van der Waals surface area (Å²) in [5, 5.41) is 7.54. The number of aryl methyl sites for hydroxylation is 1.